The maximum atomic E-state index is 13.7. The van der Waals surface area contributed by atoms with Crippen LogP contribution in [0.3, 0.4) is 0 Å². The first-order valence-electron chi connectivity index (χ1n) is 12.5. The lowest BCUT2D eigenvalue weighted by Crippen LogP contribution is -2.61. The lowest BCUT2D eigenvalue weighted by atomic mass is 9.43. The zero-order valence-electron chi connectivity index (χ0n) is 19.1. The zero-order valence-corrected chi connectivity index (χ0v) is 19.1. The molecule has 0 aromatic rings. The van der Waals surface area contributed by atoms with E-state index >= 15 is 0 Å². The van der Waals surface area contributed by atoms with Crippen molar-refractivity contribution in [1.29, 1.82) is 0 Å². The smallest absolute Gasteiger partial charge is 0.141 e. The van der Waals surface area contributed by atoms with E-state index < -0.39 is 0 Å². The van der Waals surface area contributed by atoms with Gasteiger partial charge in [-0.3, -0.25) is 9.59 Å². The SMILES string of the molecule is CC[C@H]1C(=NOC2CCNC2)CC[C@]2(CO)C3CC[C@]4(C)C(=O)CCC4C3CC(=O)C12. The van der Waals surface area contributed by atoms with Crippen LogP contribution in [0, 0.1) is 40.4 Å². The Morgan fingerprint density at radius 3 is 2.71 bits per heavy atom. The molecule has 0 spiro atoms. The van der Waals surface area contributed by atoms with Crippen LogP contribution in [0.1, 0.15) is 71.6 Å². The van der Waals surface area contributed by atoms with Gasteiger partial charge in [0.05, 0.1) is 5.71 Å². The first-order valence-corrected chi connectivity index (χ1v) is 12.5. The third-order valence-electron chi connectivity index (χ3n) is 10.0. The van der Waals surface area contributed by atoms with E-state index in [4.69, 9.17) is 4.84 Å². The molecule has 1 aliphatic heterocycles. The molecule has 4 saturated carbocycles. The molecule has 0 aromatic heterocycles. The molecule has 5 aliphatic rings. The first kappa shape index (κ1) is 21.6. The number of carbonyl (C=O) groups is 2. The number of fused-ring (bicyclic) bond motifs is 5. The summed E-state index contributed by atoms with van der Waals surface area (Å²) in [6.07, 6.45) is 7.57. The standard InChI is InChI=1S/C25H38N2O4/c1-3-16-20(27-31-15-8-11-26-13-15)7-10-25(14-28)19-6-9-24(2)18(4-5-22(24)30)17(19)12-21(29)23(16)25/h15-19,23,26,28H,3-14H2,1-2H3/t15?,16-,17?,18?,19?,23?,24-,25-/m0/s1. The van der Waals surface area contributed by atoms with Gasteiger partial charge in [0.2, 0.25) is 0 Å². The molecule has 5 fully saturated rings. The Bertz CT molecular complexity index is 775. The van der Waals surface area contributed by atoms with Crippen molar-refractivity contribution in [3.8, 4) is 0 Å². The van der Waals surface area contributed by atoms with Gasteiger partial charge in [-0.1, -0.05) is 19.0 Å². The number of aliphatic hydroxyl groups is 1. The minimum atomic E-state index is -0.360. The first-order chi connectivity index (χ1) is 14.9. The van der Waals surface area contributed by atoms with Gasteiger partial charge >= 0.3 is 0 Å². The number of ketones is 2. The minimum absolute atomic E-state index is 0.0576. The van der Waals surface area contributed by atoms with Crippen molar-refractivity contribution in [2.45, 2.75) is 77.7 Å². The Morgan fingerprint density at radius 2 is 2.00 bits per heavy atom. The van der Waals surface area contributed by atoms with Crippen molar-refractivity contribution in [3.63, 3.8) is 0 Å². The molecule has 8 atom stereocenters. The Kier molecular flexibility index (Phi) is 5.53. The topological polar surface area (TPSA) is 88.0 Å². The normalized spacial score (nSPS) is 48.4. The summed E-state index contributed by atoms with van der Waals surface area (Å²) in [6.45, 7) is 6.14. The second-order valence-electron chi connectivity index (χ2n) is 11.2. The van der Waals surface area contributed by atoms with Crippen LogP contribution in [0.4, 0.5) is 0 Å². The second kappa shape index (κ2) is 7.95. The number of nitrogens with zero attached hydrogens (tertiary/aromatic N) is 1. The zero-order chi connectivity index (χ0) is 21.8. The van der Waals surface area contributed by atoms with Crippen LogP contribution >= 0.6 is 0 Å². The molecule has 2 N–H and O–H groups in total. The van der Waals surface area contributed by atoms with Crippen LogP contribution in [0.15, 0.2) is 5.16 Å². The monoisotopic (exact) mass is 430 g/mol. The van der Waals surface area contributed by atoms with Crippen molar-refractivity contribution >= 4 is 17.3 Å². The van der Waals surface area contributed by atoms with E-state index in [-0.39, 0.29) is 41.3 Å². The molecule has 172 valence electrons. The van der Waals surface area contributed by atoms with Crippen LogP contribution < -0.4 is 5.32 Å². The number of hydrogen-bond acceptors (Lipinski definition) is 6. The van der Waals surface area contributed by atoms with Gasteiger partial charge < -0.3 is 15.3 Å². The van der Waals surface area contributed by atoms with E-state index in [1.54, 1.807) is 0 Å². The second-order valence-corrected chi connectivity index (χ2v) is 11.2. The number of aliphatic hydroxyl groups excluding tert-OH is 1. The van der Waals surface area contributed by atoms with Crippen molar-refractivity contribution in [3.05, 3.63) is 0 Å². The number of oxime groups is 1. The van der Waals surface area contributed by atoms with Crippen LogP contribution in [0.25, 0.3) is 0 Å². The van der Waals surface area contributed by atoms with Gasteiger partial charge in [0.15, 0.2) is 0 Å². The Balaban J connectivity index is 1.45. The molecule has 5 rings (SSSR count). The molecule has 5 unspecified atom stereocenters. The van der Waals surface area contributed by atoms with Gasteiger partial charge in [0.1, 0.15) is 17.7 Å². The van der Waals surface area contributed by atoms with Crippen molar-refractivity contribution in [2.75, 3.05) is 19.7 Å². The highest BCUT2D eigenvalue weighted by atomic mass is 16.6. The molecule has 1 saturated heterocycles. The largest absolute Gasteiger partial charge is 0.396 e. The lowest BCUT2D eigenvalue weighted by molar-refractivity contribution is -0.165. The molecular weight excluding hydrogens is 392 g/mol. The predicted octanol–water partition coefficient (Wildman–Crippen LogP) is 3.12. The van der Waals surface area contributed by atoms with Crippen LogP contribution in [-0.2, 0) is 14.4 Å². The van der Waals surface area contributed by atoms with Crippen LogP contribution in [0.2, 0.25) is 0 Å². The number of carbonyl (C=O) groups excluding carboxylic acids is 2. The van der Waals surface area contributed by atoms with E-state index in [0.717, 1.165) is 63.7 Å². The van der Waals surface area contributed by atoms with Gasteiger partial charge in [-0.05, 0) is 62.8 Å². The van der Waals surface area contributed by atoms with Crippen LogP contribution in [0.5, 0.6) is 0 Å². The molecular formula is C25H38N2O4. The van der Waals surface area contributed by atoms with Crippen LogP contribution in [-0.4, -0.2) is 48.2 Å². The summed E-state index contributed by atoms with van der Waals surface area (Å²) in [7, 11) is 0. The molecule has 31 heavy (non-hydrogen) atoms. The molecule has 0 bridgehead atoms. The average molecular weight is 431 g/mol. The third kappa shape index (κ3) is 3.15. The van der Waals surface area contributed by atoms with Crippen molar-refractivity contribution in [1.82, 2.24) is 5.32 Å². The van der Waals surface area contributed by atoms with E-state index in [2.05, 4.69) is 24.3 Å². The fourth-order valence-corrected chi connectivity index (χ4v) is 8.41. The van der Waals surface area contributed by atoms with Gasteiger partial charge in [-0.2, -0.15) is 0 Å². The fraction of sp³-hybridized carbons (Fsp3) is 0.880. The molecule has 6 heteroatoms. The lowest BCUT2D eigenvalue weighted by Gasteiger charge is -2.60. The highest BCUT2D eigenvalue weighted by molar-refractivity contribution is 5.95. The van der Waals surface area contributed by atoms with E-state index in [9.17, 15) is 14.7 Å². The summed E-state index contributed by atoms with van der Waals surface area (Å²) in [4.78, 5) is 32.2. The average Bonchev–Trinajstić information content (AvgIpc) is 3.40. The van der Waals surface area contributed by atoms with E-state index in [0.29, 0.717) is 36.2 Å². The predicted molar refractivity (Wildman–Crippen MR) is 117 cm³/mol. The molecule has 0 amide bonds. The fourth-order valence-electron chi connectivity index (χ4n) is 8.41. The number of nitrogens with one attached hydrogen (secondary N) is 1. The van der Waals surface area contributed by atoms with E-state index in [1.165, 1.54) is 0 Å². The molecule has 0 aromatic carbocycles. The summed E-state index contributed by atoms with van der Waals surface area (Å²) >= 11 is 0. The summed E-state index contributed by atoms with van der Waals surface area (Å²) < 4.78 is 0. The van der Waals surface area contributed by atoms with Gasteiger partial charge in [-0.25, -0.2) is 0 Å². The third-order valence-corrected chi connectivity index (χ3v) is 10.0. The quantitative estimate of drug-likeness (QED) is 0.669. The molecule has 6 nitrogen and oxygen atoms in total. The van der Waals surface area contributed by atoms with Gasteiger partial charge in [0.25, 0.3) is 0 Å². The number of rotatable bonds is 4. The Labute approximate surface area is 185 Å². The number of hydrogen-bond donors (Lipinski definition) is 2. The van der Waals surface area contributed by atoms with Crippen molar-refractivity contribution in [2.24, 2.45) is 45.6 Å². The summed E-state index contributed by atoms with van der Waals surface area (Å²) in [5.74, 6) is 1.47. The maximum Gasteiger partial charge on any atom is 0.141 e. The summed E-state index contributed by atoms with van der Waals surface area (Å²) in [5, 5.41) is 18.7. The highest BCUT2D eigenvalue weighted by Crippen LogP contribution is 2.65. The summed E-state index contributed by atoms with van der Waals surface area (Å²) in [5.41, 5.74) is 0.410. The number of Topliss-reactive ketones (excluding diaryl/α,β-unsaturated/α-hetero) is 2. The summed E-state index contributed by atoms with van der Waals surface area (Å²) in [6, 6.07) is 0. The van der Waals surface area contributed by atoms with Crippen molar-refractivity contribution < 1.29 is 19.5 Å². The van der Waals surface area contributed by atoms with E-state index in [1.807, 2.05) is 0 Å². The minimum Gasteiger partial charge on any atom is -0.396 e. The molecule has 0 radical (unpaired) electrons. The molecule has 4 aliphatic carbocycles. The van der Waals surface area contributed by atoms with Gasteiger partial charge in [-0.15, -0.1) is 0 Å². The Hall–Kier alpha value is -1.27. The van der Waals surface area contributed by atoms with Gasteiger partial charge in [0, 0.05) is 55.1 Å². The highest BCUT2D eigenvalue weighted by Gasteiger charge is 2.65. The maximum absolute atomic E-state index is 13.7. The molecule has 1 heterocycles. The Morgan fingerprint density at radius 1 is 1.16 bits per heavy atom.